The molecule has 0 radical (unpaired) electrons. The Kier molecular flexibility index (Phi) is 7.17. The molecule has 8 atom stereocenters. The minimum atomic E-state index is -0.605. The summed E-state index contributed by atoms with van der Waals surface area (Å²) >= 11 is 0. The van der Waals surface area contributed by atoms with E-state index < -0.39 is 5.60 Å². The molecule has 4 aliphatic rings. The highest BCUT2D eigenvalue weighted by molar-refractivity contribution is 5.85. The molecule has 0 saturated heterocycles. The van der Waals surface area contributed by atoms with Crippen molar-refractivity contribution < 1.29 is 14.7 Å². The van der Waals surface area contributed by atoms with E-state index >= 15 is 0 Å². The number of fused-ring (bicyclic) bond motifs is 5. The van der Waals surface area contributed by atoms with Crippen LogP contribution < -0.4 is 0 Å². The highest BCUT2D eigenvalue weighted by Gasteiger charge is 2.63. The summed E-state index contributed by atoms with van der Waals surface area (Å²) in [6.07, 6.45) is 9.74. The van der Waals surface area contributed by atoms with Gasteiger partial charge in [0.2, 0.25) is 0 Å². The molecular formula is C28H48O3. The Morgan fingerprint density at radius 2 is 1.74 bits per heavy atom. The summed E-state index contributed by atoms with van der Waals surface area (Å²) in [6, 6.07) is 0. The fourth-order valence-corrected chi connectivity index (χ4v) is 8.61. The molecule has 0 aromatic rings. The van der Waals surface area contributed by atoms with Crippen LogP contribution in [0.5, 0.6) is 0 Å². The van der Waals surface area contributed by atoms with Gasteiger partial charge in [-0.15, -0.1) is 0 Å². The molecule has 1 N–H and O–H groups in total. The lowest BCUT2D eigenvalue weighted by Gasteiger charge is -2.59. The van der Waals surface area contributed by atoms with Crippen molar-refractivity contribution in [2.75, 3.05) is 0 Å². The maximum Gasteiger partial charge on any atom is 0.137 e. The van der Waals surface area contributed by atoms with Gasteiger partial charge in [-0.2, -0.15) is 0 Å². The molecule has 0 amide bonds. The molecular weight excluding hydrogens is 384 g/mol. The van der Waals surface area contributed by atoms with Crippen LogP contribution in [0.3, 0.4) is 0 Å². The van der Waals surface area contributed by atoms with Crippen molar-refractivity contribution in [2.45, 2.75) is 118 Å². The van der Waals surface area contributed by atoms with Crippen molar-refractivity contribution in [3.8, 4) is 0 Å². The van der Waals surface area contributed by atoms with Crippen molar-refractivity contribution in [3.05, 3.63) is 0 Å². The van der Waals surface area contributed by atoms with Crippen LogP contribution in [0.4, 0.5) is 0 Å². The van der Waals surface area contributed by atoms with E-state index in [1.165, 1.54) is 12.8 Å². The Morgan fingerprint density at radius 3 is 2.39 bits per heavy atom. The fraction of sp³-hybridized carbons (Fsp3) is 0.929. The number of carbonyl (C=O) groups excluding carboxylic acids is 2. The molecule has 0 bridgehead atoms. The van der Waals surface area contributed by atoms with Gasteiger partial charge in [0, 0.05) is 25.2 Å². The maximum atomic E-state index is 13.7. The molecule has 4 saturated carbocycles. The van der Waals surface area contributed by atoms with Crippen LogP contribution in [0.15, 0.2) is 0 Å². The highest BCUT2D eigenvalue weighted by Crippen LogP contribution is 2.67. The number of carbonyl (C=O) groups is 2. The molecule has 3 heteroatoms. The van der Waals surface area contributed by atoms with Crippen molar-refractivity contribution >= 4 is 11.6 Å². The minimum absolute atomic E-state index is 0.0554. The van der Waals surface area contributed by atoms with Crippen LogP contribution in [0.25, 0.3) is 0 Å². The third-order valence-corrected chi connectivity index (χ3v) is 10.1. The summed E-state index contributed by atoms with van der Waals surface area (Å²) in [4.78, 5) is 25.8. The normalized spacial score (nSPS) is 43.3. The van der Waals surface area contributed by atoms with Gasteiger partial charge in [0.25, 0.3) is 0 Å². The number of aliphatic hydroxyl groups is 1. The highest BCUT2D eigenvalue weighted by atomic mass is 16.3. The Labute approximate surface area is 191 Å². The summed E-state index contributed by atoms with van der Waals surface area (Å²) in [5.74, 6) is 3.90. The molecule has 178 valence electrons. The van der Waals surface area contributed by atoms with Crippen LogP contribution in [-0.4, -0.2) is 22.3 Å². The van der Waals surface area contributed by atoms with Gasteiger partial charge in [-0.05, 0) is 99.2 Å². The number of hydrogen-bond donors (Lipinski definition) is 1. The van der Waals surface area contributed by atoms with Gasteiger partial charge in [0.15, 0.2) is 0 Å². The standard InChI is InChI=1S/C26H42O3.C2H6/c1-16(10-12-24(2,3)29)20-8-9-21-19-7-6-17-14-18(27)11-13-25(17,4)23(19)22(28)15-26(20,21)5;1-2/h16-17,19-21,23,29H,6-15H2,1-5H3;1-2H3/t16-,17?,19?,20?,21?,23?,25?,26?;/m1./s1. The van der Waals surface area contributed by atoms with Gasteiger partial charge in [-0.25, -0.2) is 0 Å². The summed E-state index contributed by atoms with van der Waals surface area (Å²) in [6.45, 7) is 14.9. The van der Waals surface area contributed by atoms with E-state index in [1.807, 2.05) is 27.7 Å². The van der Waals surface area contributed by atoms with Crippen molar-refractivity contribution in [1.29, 1.82) is 0 Å². The first-order chi connectivity index (χ1) is 14.5. The van der Waals surface area contributed by atoms with Gasteiger partial charge < -0.3 is 5.11 Å². The molecule has 0 aliphatic heterocycles. The zero-order valence-electron chi connectivity index (χ0n) is 21.3. The van der Waals surface area contributed by atoms with Crippen LogP contribution >= 0.6 is 0 Å². The quantitative estimate of drug-likeness (QED) is 0.544. The van der Waals surface area contributed by atoms with Gasteiger partial charge in [-0.3, -0.25) is 9.59 Å². The summed E-state index contributed by atoms with van der Waals surface area (Å²) in [7, 11) is 0. The topological polar surface area (TPSA) is 54.4 Å². The molecule has 7 unspecified atom stereocenters. The smallest absolute Gasteiger partial charge is 0.137 e. The van der Waals surface area contributed by atoms with E-state index in [2.05, 4.69) is 20.8 Å². The van der Waals surface area contributed by atoms with Crippen molar-refractivity contribution in [1.82, 2.24) is 0 Å². The predicted molar refractivity (Wildman–Crippen MR) is 127 cm³/mol. The third-order valence-electron chi connectivity index (χ3n) is 10.1. The van der Waals surface area contributed by atoms with E-state index in [-0.39, 0.29) is 16.7 Å². The van der Waals surface area contributed by atoms with Crippen LogP contribution in [0.2, 0.25) is 0 Å². The van der Waals surface area contributed by atoms with E-state index in [0.29, 0.717) is 54.0 Å². The van der Waals surface area contributed by atoms with Crippen LogP contribution in [0.1, 0.15) is 113 Å². The number of hydrogen-bond acceptors (Lipinski definition) is 3. The minimum Gasteiger partial charge on any atom is -0.390 e. The monoisotopic (exact) mass is 432 g/mol. The van der Waals surface area contributed by atoms with Gasteiger partial charge >= 0.3 is 0 Å². The average molecular weight is 433 g/mol. The van der Waals surface area contributed by atoms with Crippen molar-refractivity contribution in [3.63, 3.8) is 0 Å². The lowest BCUT2D eigenvalue weighted by atomic mass is 9.44. The number of rotatable bonds is 4. The molecule has 4 rings (SSSR count). The second-order valence-corrected chi connectivity index (χ2v) is 12.4. The van der Waals surface area contributed by atoms with E-state index in [1.54, 1.807) is 0 Å². The second-order valence-electron chi connectivity index (χ2n) is 12.4. The SMILES string of the molecule is CC.C[C@H](CCC(C)(C)O)C1CCC2C3CCC4CC(=O)CCC4(C)C3C(=O)CC21C. The van der Waals surface area contributed by atoms with E-state index in [0.717, 1.165) is 38.5 Å². The van der Waals surface area contributed by atoms with Gasteiger partial charge in [-0.1, -0.05) is 34.6 Å². The first-order valence-electron chi connectivity index (χ1n) is 13.2. The van der Waals surface area contributed by atoms with Gasteiger partial charge in [0.05, 0.1) is 5.60 Å². The largest absolute Gasteiger partial charge is 0.390 e. The van der Waals surface area contributed by atoms with Crippen molar-refractivity contribution in [2.24, 2.45) is 46.3 Å². The number of Topliss-reactive ketones (excluding diaryl/α,β-unsaturated/α-hetero) is 2. The second kappa shape index (κ2) is 8.92. The van der Waals surface area contributed by atoms with E-state index in [9.17, 15) is 14.7 Å². The average Bonchev–Trinajstić information content (AvgIpc) is 3.04. The zero-order chi connectivity index (χ0) is 23.2. The van der Waals surface area contributed by atoms with Crippen LogP contribution in [0, 0.1) is 46.3 Å². The molecule has 0 spiro atoms. The molecule has 0 aromatic heterocycles. The molecule has 4 fully saturated rings. The van der Waals surface area contributed by atoms with Gasteiger partial charge in [0.1, 0.15) is 11.6 Å². The molecule has 31 heavy (non-hydrogen) atoms. The van der Waals surface area contributed by atoms with Crippen LogP contribution in [-0.2, 0) is 9.59 Å². The van der Waals surface area contributed by atoms with E-state index in [4.69, 9.17) is 0 Å². The third kappa shape index (κ3) is 4.42. The summed E-state index contributed by atoms with van der Waals surface area (Å²) in [5.41, 5.74) is -0.420. The summed E-state index contributed by atoms with van der Waals surface area (Å²) in [5, 5.41) is 10.2. The Bertz CT molecular complexity index is 676. The molecule has 0 aromatic carbocycles. The fourth-order valence-electron chi connectivity index (χ4n) is 8.61. The first kappa shape index (κ1) is 24.9. The summed E-state index contributed by atoms with van der Waals surface area (Å²) < 4.78 is 0. The lowest BCUT2D eigenvalue weighted by molar-refractivity contribution is -0.161. The molecule has 4 aliphatic carbocycles. The Balaban J connectivity index is 0.00000132. The Morgan fingerprint density at radius 1 is 1.06 bits per heavy atom. The lowest BCUT2D eigenvalue weighted by Crippen LogP contribution is -2.57. The Hall–Kier alpha value is -0.700. The first-order valence-corrected chi connectivity index (χ1v) is 13.2. The zero-order valence-corrected chi connectivity index (χ0v) is 21.3. The molecule has 0 heterocycles. The molecule has 3 nitrogen and oxygen atoms in total. The number of ketones is 2. The maximum absolute atomic E-state index is 13.7. The predicted octanol–water partition coefficient (Wildman–Crippen LogP) is 6.61.